The fourth-order valence-electron chi connectivity index (χ4n) is 9.10. The Balaban J connectivity index is 1.20. The fourth-order valence-corrected chi connectivity index (χ4v) is 10.3. The van der Waals surface area contributed by atoms with E-state index in [1.165, 1.54) is 76.2 Å². The molecule has 1 spiro atoms. The highest BCUT2D eigenvalue weighted by molar-refractivity contribution is 7.99. The first-order valence-corrected chi connectivity index (χ1v) is 19.7. The van der Waals surface area contributed by atoms with E-state index in [0.29, 0.717) is 0 Å². The van der Waals surface area contributed by atoms with E-state index in [1.807, 2.05) is 11.8 Å². The van der Waals surface area contributed by atoms with Gasteiger partial charge in [0, 0.05) is 26.7 Å². The molecule has 258 valence electrons. The van der Waals surface area contributed by atoms with Crippen LogP contribution in [-0.2, 0) is 5.41 Å². The molecule has 55 heavy (non-hydrogen) atoms. The minimum Gasteiger partial charge on any atom is -0.310 e. The van der Waals surface area contributed by atoms with Crippen molar-refractivity contribution in [2.24, 2.45) is 0 Å². The average molecular weight is 718 g/mol. The lowest BCUT2D eigenvalue weighted by molar-refractivity contribution is 0.723. The maximum absolute atomic E-state index is 2.50. The number of nitrogens with zero attached hydrogens (tertiary/aromatic N) is 1. The molecule has 0 N–H and O–H groups in total. The van der Waals surface area contributed by atoms with Crippen LogP contribution in [0.25, 0.3) is 44.2 Å². The zero-order chi connectivity index (χ0) is 36.3. The van der Waals surface area contributed by atoms with E-state index in [4.69, 9.17) is 0 Å². The first-order chi connectivity index (χ1) is 27.3. The zero-order valence-corrected chi connectivity index (χ0v) is 30.9. The van der Waals surface area contributed by atoms with Crippen molar-refractivity contribution in [2.45, 2.75) is 15.2 Å². The molecule has 1 aliphatic heterocycles. The van der Waals surface area contributed by atoms with Crippen LogP contribution < -0.4 is 4.90 Å². The van der Waals surface area contributed by atoms with Gasteiger partial charge in [-0.1, -0.05) is 169 Å². The van der Waals surface area contributed by atoms with Gasteiger partial charge in [-0.2, -0.15) is 0 Å². The number of rotatable bonds is 5. The molecule has 0 amide bonds. The lowest BCUT2D eigenvalue weighted by Gasteiger charge is -2.40. The number of fused-ring (bicyclic) bond motifs is 10. The monoisotopic (exact) mass is 717 g/mol. The second-order valence-electron chi connectivity index (χ2n) is 14.5. The highest BCUT2D eigenvalue weighted by Crippen LogP contribution is 2.63. The molecule has 0 saturated carbocycles. The Labute approximate surface area is 326 Å². The van der Waals surface area contributed by atoms with Crippen molar-refractivity contribution < 1.29 is 0 Å². The molecule has 0 unspecified atom stereocenters. The molecule has 2 heteroatoms. The SMILES string of the molecule is c1ccc(-c2ccc(N(c3ccc4c(c3)C3(c5ccccc5Sc5ccccc53)c3cc5ccccc5cc3-4)c3ccccc3-c3ccccc3)cc2)cc1. The highest BCUT2D eigenvalue weighted by atomic mass is 32.2. The van der Waals surface area contributed by atoms with Gasteiger partial charge >= 0.3 is 0 Å². The summed E-state index contributed by atoms with van der Waals surface area (Å²) in [6.07, 6.45) is 0. The van der Waals surface area contributed by atoms with Crippen LogP contribution in [0.3, 0.4) is 0 Å². The minimum atomic E-state index is -0.495. The average Bonchev–Trinajstić information content (AvgIpc) is 3.53. The summed E-state index contributed by atoms with van der Waals surface area (Å²) >= 11 is 1.89. The number of benzene rings is 9. The van der Waals surface area contributed by atoms with Gasteiger partial charge in [0.1, 0.15) is 0 Å². The number of para-hydroxylation sites is 1. The van der Waals surface area contributed by atoms with Crippen LogP contribution >= 0.6 is 11.8 Å². The molecule has 1 nitrogen and oxygen atoms in total. The van der Waals surface area contributed by atoms with Crippen LogP contribution in [-0.4, -0.2) is 0 Å². The molecule has 0 saturated heterocycles. The maximum Gasteiger partial charge on any atom is 0.0736 e. The molecule has 9 aromatic carbocycles. The van der Waals surface area contributed by atoms with E-state index < -0.39 is 5.41 Å². The van der Waals surface area contributed by atoms with E-state index >= 15 is 0 Å². The smallest absolute Gasteiger partial charge is 0.0736 e. The minimum absolute atomic E-state index is 0.495. The Bertz CT molecular complexity index is 2850. The van der Waals surface area contributed by atoms with E-state index in [-0.39, 0.29) is 0 Å². The van der Waals surface area contributed by atoms with Crippen LogP contribution in [0.5, 0.6) is 0 Å². The van der Waals surface area contributed by atoms with Gasteiger partial charge in [-0.3, -0.25) is 0 Å². The molecule has 2 aliphatic rings. The molecule has 0 atom stereocenters. The molecule has 1 aliphatic carbocycles. The van der Waals surface area contributed by atoms with E-state index in [9.17, 15) is 0 Å². The van der Waals surface area contributed by atoms with Gasteiger partial charge in [-0.15, -0.1) is 0 Å². The van der Waals surface area contributed by atoms with Crippen LogP contribution in [0.15, 0.2) is 222 Å². The number of hydrogen-bond donors (Lipinski definition) is 0. The molecule has 11 rings (SSSR count). The normalized spacial score (nSPS) is 13.2. The predicted molar refractivity (Wildman–Crippen MR) is 231 cm³/mol. The molecule has 0 aromatic heterocycles. The standard InChI is InChI=1S/C53H35NS/c1-3-15-36(16-4-1)37-27-29-41(30-28-37)54(50-24-12-9-21-43(50)38-17-5-2-6-18-38)42-31-32-44-45-33-39-19-7-8-20-40(39)34-48(45)53(49(44)35-42)46-22-10-13-25-51(46)55-52-26-14-11-23-47(52)53/h1-35H. The van der Waals surface area contributed by atoms with Crippen molar-refractivity contribution >= 4 is 39.6 Å². The first-order valence-electron chi connectivity index (χ1n) is 18.9. The molecular formula is C53H35NS. The van der Waals surface area contributed by atoms with Crippen molar-refractivity contribution in [3.05, 3.63) is 235 Å². The Kier molecular flexibility index (Phi) is 7.40. The fraction of sp³-hybridized carbons (Fsp3) is 0.0189. The van der Waals surface area contributed by atoms with Gasteiger partial charge in [0.15, 0.2) is 0 Å². The van der Waals surface area contributed by atoms with Crippen molar-refractivity contribution in [2.75, 3.05) is 4.90 Å². The van der Waals surface area contributed by atoms with Gasteiger partial charge in [0.25, 0.3) is 0 Å². The summed E-state index contributed by atoms with van der Waals surface area (Å²) in [6, 6.07) is 78.3. The molecule has 0 radical (unpaired) electrons. The van der Waals surface area contributed by atoms with Crippen molar-refractivity contribution in [1.82, 2.24) is 0 Å². The third kappa shape index (κ3) is 4.95. The lowest BCUT2D eigenvalue weighted by atomic mass is 9.67. The molecule has 0 fully saturated rings. The second-order valence-corrected chi connectivity index (χ2v) is 15.5. The summed E-state index contributed by atoms with van der Waals surface area (Å²) in [5, 5.41) is 2.52. The summed E-state index contributed by atoms with van der Waals surface area (Å²) in [7, 11) is 0. The quantitative estimate of drug-likeness (QED) is 0.174. The molecule has 1 heterocycles. The summed E-state index contributed by atoms with van der Waals surface area (Å²) in [6.45, 7) is 0. The van der Waals surface area contributed by atoms with Crippen LogP contribution in [0, 0.1) is 0 Å². The van der Waals surface area contributed by atoms with Crippen molar-refractivity contribution in [3.8, 4) is 33.4 Å². The second kappa shape index (κ2) is 12.8. The summed E-state index contributed by atoms with van der Waals surface area (Å²) in [5.74, 6) is 0. The first kappa shape index (κ1) is 31.9. The van der Waals surface area contributed by atoms with Gasteiger partial charge in [0.2, 0.25) is 0 Å². The number of hydrogen-bond acceptors (Lipinski definition) is 2. The van der Waals surface area contributed by atoms with Crippen LogP contribution in [0.1, 0.15) is 22.3 Å². The number of anilines is 3. The Hall–Kier alpha value is -6.61. The summed E-state index contributed by atoms with van der Waals surface area (Å²) in [4.78, 5) is 5.07. The molecular weight excluding hydrogens is 683 g/mol. The van der Waals surface area contributed by atoms with E-state index in [2.05, 4.69) is 217 Å². The molecule has 9 aromatic rings. The van der Waals surface area contributed by atoms with E-state index in [0.717, 1.165) is 17.1 Å². The van der Waals surface area contributed by atoms with Gasteiger partial charge in [-0.05, 0) is 115 Å². The summed E-state index contributed by atoms with van der Waals surface area (Å²) < 4.78 is 0. The zero-order valence-electron chi connectivity index (χ0n) is 30.1. The Morgan fingerprint density at radius 3 is 1.56 bits per heavy atom. The Morgan fingerprint density at radius 2 is 0.855 bits per heavy atom. The highest BCUT2D eigenvalue weighted by Gasteiger charge is 2.50. The van der Waals surface area contributed by atoms with Gasteiger partial charge in [0.05, 0.1) is 11.1 Å². The summed E-state index contributed by atoms with van der Waals surface area (Å²) in [5.41, 5.74) is 15.6. The largest absolute Gasteiger partial charge is 0.310 e. The maximum atomic E-state index is 2.50. The van der Waals surface area contributed by atoms with E-state index in [1.54, 1.807) is 0 Å². The Morgan fingerprint density at radius 1 is 0.327 bits per heavy atom. The van der Waals surface area contributed by atoms with Gasteiger partial charge < -0.3 is 4.90 Å². The topological polar surface area (TPSA) is 3.24 Å². The van der Waals surface area contributed by atoms with Crippen LogP contribution in [0.2, 0.25) is 0 Å². The predicted octanol–water partition coefficient (Wildman–Crippen LogP) is 14.5. The lowest BCUT2D eigenvalue weighted by Crippen LogP contribution is -2.32. The van der Waals surface area contributed by atoms with Crippen molar-refractivity contribution in [3.63, 3.8) is 0 Å². The van der Waals surface area contributed by atoms with Crippen molar-refractivity contribution in [1.29, 1.82) is 0 Å². The molecule has 0 bridgehead atoms. The van der Waals surface area contributed by atoms with Gasteiger partial charge in [-0.25, -0.2) is 0 Å². The van der Waals surface area contributed by atoms with Crippen LogP contribution in [0.4, 0.5) is 17.1 Å². The third-order valence-corrected chi connectivity index (χ3v) is 12.7. The third-order valence-electron chi connectivity index (χ3n) is 11.5.